The average molecular weight is 392 g/mol. The SMILES string of the molecule is BC1(B)C(Cn2cc(-c3ncnc4c3ccn4CO)cn2)C(B)(B)C(B)(B)C1(B)B. The Labute approximate surface area is 185 Å². The number of fused-ring (bicyclic) bond motifs is 1. The molecule has 0 aliphatic heterocycles. The molecule has 6 nitrogen and oxygen atoms in total. The van der Waals surface area contributed by atoms with Crippen LogP contribution in [-0.2, 0) is 13.3 Å². The molecular weight excluding hydrogens is 365 g/mol. The van der Waals surface area contributed by atoms with Gasteiger partial charge in [-0.1, -0.05) is 10.4 Å². The highest BCUT2D eigenvalue weighted by atomic mass is 16.3. The molecule has 1 aliphatic carbocycles. The summed E-state index contributed by atoms with van der Waals surface area (Å²) in [5.41, 5.74) is 2.56. The second-order valence-electron chi connectivity index (χ2n) is 11.1. The fourth-order valence-electron chi connectivity index (χ4n) is 5.96. The minimum Gasteiger partial charge on any atom is -0.376 e. The van der Waals surface area contributed by atoms with E-state index in [1.165, 1.54) is 0 Å². The highest BCUT2D eigenvalue weighted by Gasteiger charge is 2.65. The van der Waals surface area contributed by atoms with Crippen LogP contribution in [0.1, 0.15) is 0 Å². The van der Waals surface area contributed by atoms with E-state index in [0.29, 0.717) is 5.92 Å². The highest BCUT2D eigenvalue weighted by molar-refractivity contribution is 6.68. The third-order valence-corrected chi connectivity index (χ3v) is 9.51. The molecule has 14 heteroatoms. The van der Waals surface area contributed by atoms with Crippen molar-refractivity contribution < 1.29 is 5.11 Å². The van der Waals surface area contributed by atoms with Gasteiger partial charge in [-0.15, -0.1) is 10.4 Å². The van der Waals surface area contributed by atoms with Crippen molar-refractivity contribution >= 4 is 73.8 Å². The van der Waals surface area contributed by atoms with Crippen molar-refractivity contribution in [2.45, 2.75) is 34.1 Å². The van der Waals surface area contributed by atoms with Gasteiger partial charge in [0, 0.05) is 29.9 Å². The van der Waals surface area contributed by atoms with Crippen LogP contribution < -0.4 is 0 Å². The van der Waals surface area contributed by atoms with Crippen molar-refractivity contribution in [1.82, 2.24) is 24.3 Å². The minimum atomic E-state index is -0.101. The molecule has 1 aliphatic rings. The number of aliphatic hydroxyl groups excluding tert-OH is 1. The number of rotatable bonds is 4. The molecule has 3 aromatic rings. The first kappa shape index (κ1) is 21.5. The van der Waals surface area contributed by atoms with Crippen LogP contribution in [0.2, 0.25) is 20.9 Å². The van der Waals surface area contributed by atoms with Crippen molar-refractivity contribution in [1.29, 1.82) is 0 Å². The van der Waals surface area contributed by atoms with E-state index in [0.717, 1.165) is 28.8 Å². The molecule has 0 saturated heterocycles. The Morgan fingerprint density at radius 3 is 2.20 bits per heavy atom. The minimum absolute atomic E-state index is 0.101. The highest BCUT2D eigenvalue weighted by Crippen LogP contribution is 2.78. The Hall–Kier alpha value is -1.69. The molecule has 1 saturated carbocycles. The summed E-state index contributed by atoms with van der Waals surface area (Å²) in [5, 5.41) is 15.9. The third kappa shape index (κ3) is 2.68. The van der Waals surface area contributed by atoms with Crippen molar-refractivity contribution in [3.05, 3.63) is 31.0 Å². The largest absolute Gasteiger partial charge is 0.376 e. The molecule has 1 fully saturated rings. The van der Waals surface area contributed by atoms with E-state index in [9.17, 15) is 5.11 Å². The van der Waals surface area contributed by atoms with Crippen LogP contribution in [0.4, 0.5) is 0 Å². The molecule has 1 N–H and O–H groups in total. The topological polar surface area (TPSA) is 68.8 Å². The second-order valence-corrected chi connectivity index (χ2v) is 11.1. The average Bonchev–Trinajstić information content (AvgIpc) is 3.32. The van der Waals surface area contributed by atoms with E-state index < -0.39 is 0 Å². The smallest absolute Gasteiger partial charge is 0.145 e. The van der Waals surface area contributed by atoms with Gasteiger partial charge in [-0.2, -0.15) is 5.10 Å². The first-order valence-electron chi connectivity index (χ1n) is 10.8. The van der Waals surface area contributed by atoms with Crippen LogP contribution in [0.3, 0.4) is 0 Å². The number of nitrogens with zero attached hydrogens (tertiary/aromatic N) is 5. The van der Waals surface area contributed by atoms with Crippen LogP contribution in [0, 0.1) is 5.92 Å². The van der Waals surface area contributed by atoms with Crippen molar-refractivity contribution in [2.75, 3.05) is 0 Å². The Morgan fingerprint density at radius 2 is 1.60 bits per heavy atom. The van der Waals surface area contributed by atoms with Gasteiger partial charge in [-0.25, -0.2) is 9.97 Å². The molecule has 0 spiro atoms. The predicted octanol–water partition coefficient (Wildman–Crippen LogP) is -5.60. The van der Waals surface area contributed by atoms with E-state index in [1.807, 2.05) is 18.5 Å². The Bertz CT molecular complexity index is 1080. The van der Waals surface area contributed by atoms with Gasteiger partial charge < -0.3 is 9.67 Å². The molecule has 0 unspecified atom stereocenters. The summed E-state index contributed by atoms with van der Waals surface area (Å²) in [4.78, 5) is 8.84. The molecule has 4 rings (SSSR count). The fourth-order valence-corrected chi connectivity index (χ4v) is 5.96. The summed E-state index contributed by atoms with van der Waals surface area (Å²) < 4.78 is 3.79. The summed E-state index contributed by atoms with van der Waals surface area (Å²) in [5.74, 6) is 0.476. The van der Waals surface area contributed by atoms with E-state index in [4.69, 9.17) is 5.10 Å². The normalized spacial score (nSPS) is 21.8. The fraction of sp³-hybridized carbons (Fsp3) is 0.438. The second kappa shape index (κ2) is 6.65. The molecule has 30 heavy (non-hydrogen) atoms. The summed E-state index contributed by atoms with van der Waals surface area (Å²) in [7, 11) is 19.4. The van der Waals surface area contributed by atoms with Gasteiger partial charge in [0.25, 0.3) is 0 Å². The lowest BCUT2D eigenvalue weighted by Crippen LogP contribution is -2.39. The van der Waals surface area contributed by atoms with Crippen LogP contribution in [0.15, 0.2) is 31.0 Å². The molecule has 3 aromatic heterocycles. The molecule has 0 amide bonds. The summed E-state index contributed by atoms with van der Waals surface area (Å²) in [6.45, 7) is 0.773. The first-order valence-corrected chi connectivity index (χ1v) is 10.8. The zero-order valence-electron chi connectivity index (χ0n) is 19.6. The van der Waals surface area contributed by atoms with Gasteiger partial charge in [0.1, 0.15) is 18.7 Å². The summed E-state index contributed by atoms with van der Waals surface area (Å²) >= 11 is 0. The Morgan fingerprint density at radius 1 is 0.967 bits per heavy atom. The molecule has 3 heterocycles. The zero-order chi connectivity index (χ0) is 22.1. The van der Waals surface area contributed by atoms with E-state index in [1.54, 1.807) is 10.9 Å². The van der Waals surface area contributed by atoms with Crippen LogP contribution in [-0.4, -0.2) is 92.2 Å². The van der Waals surface area contributed by atoms with Crippen LogP contribution >= 0.6 is 0 Å². The third-order valence-electron chi connectivity index (χ3n) is 9.51. The lowest BCUT2D eigenvalue weighted by molar-refractivity contribution is 0.215. The van der Waals surface area contributed by atoms with Crippen molar-refractivity contribution in [3.8, 4) is 11.3 Å². The standard InChI is InChI=1S/C16H27B8N5O/c17-13(18)10(14(19,20)16(23,24)15(13,21)22)5-29-4-8(3-27-29)11-9-1-2-28(7-30)12(9)26-6-25-11/h1-4,6,10,30H,5,7,17-24H2. The Balaban J connectivity index is 1.70. The predicted molar refractivity (Wildman–Crippen MR) is 144 cm³/mol. The maximum Gasteiger partial charge on any atom is 0.145 e. The maximum absolute atomic E-state index is 9.52. The molecule has 0 atom stereocenters. The quantitative estimate of drug-likeness (QED) is 0.450. The van der Waals surface area contributed by atoms with Crippen LogP contribution in [0.25, 0.3) is 22.3 Å². The number of aliphatic hydroxyl groups is 1. The number of aromatic nitrogens is 5. The number of hydrogen-bond donors (Lipinski definition) is 1. The van der Waals surface area contributed by atoms with Gasteiger partial charge in [0.05, 0.1) is 74.7 Å². The first-order chi connectivity index (χ1) is 13.9. The monoisotopic (exact) mass is 393 g/mol. The summed E-state index contributed by atoms with van der Waals surface area (Å²) in [6, 6.07) is 1.95. The van der Waals surface area contributed by atoms with Crippen molar-refractivity contribution in [2.24, 2.45) is 5.92 Å². The summed E-state index contributed by atoms with van der Waals surface area (Å²) in [6.07, 6.45) is 7.38. The van der Waals surface area contributed by atoms with Crippen molar-refractivity contribution in [3.63, 3.8) is 0 Å². The van der Waals surface area contributed by atoms with E-state index >= 15 is 0 Å². The Kier molecular flexibility index (Phi) is 4.78. The van der Waals surface area contributed by atoms with Crippen LogP contribution in [0.5, 0.6) is 0 Å². The lowest BCUT2D eigenvalue weighted by Gasteiger charge is -2.49. The molecular formula is C16H27B8N5O. The van der Waals surface area contributed by atoms with Gasteiger partial charge >= 0.3 is 0 Å². The van der Waals surface area contributed by atoms with Gasteiger partial charge in [-0.05, 0) is 12.0 Å². The lowest BCUT2D eigenvalue weighted by atomic mass is 9.17. The van der Waals surface area contributed by atoms with E-state index in [2.05, 4.69) is 83.6 Å². The number of hydrogen-bond acceptors (Lipinski definition) is 4. The zero-order valence-corrected chi connectivity index (χ0v) is 19.6. The molecule has 0 aromatic carbocycles. The maximum atomic E-state index is 9.52. The van der Waals surface area contributed by atoms with E-state index in [-0.39, 0.29) is 27.6 Å². The molecule has 0 radical (unpaired) electrons. The van der Waals surface area contributed by atoms with Gasteiger partial charge in [0.2, 0.25) is 0 Å². The van der Waals surface area contributed by atoms with Gasteiger partial charge in [-0.3, -0.25) is 4.68 Å². The molecule has 0 bridgehead atoms. The van der Waals surface area contributed by atoms with Gasteiger partial charge in [0.15, 0.2) is 0 Å². The molecule has 146 valence electrons.